The standard InChI is InChI=1S/C11H10N4O4S/c16-14(17)9-2-1-8(11(3-9)15(18)19)4-12-5-10-6-13-7-20-10/h1-3,6-7,12H,4-5H2. The number of non-ortho nitro benzene ring substituents is 1. The van der Waals surface area contributed by atoms with Crippen molar-refractivity contribution in [3.8, 4) is 0 Å². The number of nitro benzene ring substituents is 2. The number of nitrogens with zero attached hydrogens (tertiary/aromatic N) is 3. The molecule has 0 aliphatic rings. The van der Waals surface area contributed by atoms with Crippen LogP contribution >= 0.6 is 11.3 Å². The molecule has 0 amide bonds. The highest BCUT2D eigenvalue weighted by Gasteiger charge is 2.18. The molecule has 104 valence electrons. The van der Waals surface area contributed by atoms with Gasteiger partial charge in [0.1, 0.15) is 0 Å². The van der Waals surface area contributed by atoms with E-state index in [1.54, 1.807) is 11.7 Å². The number of rotatable bonds is 6. The zero-order valence-electron chi connectivity index (χ0n) is 10.2. The molecular formula is C11H10N4O4S. The molecule has 0 atom stereocenters. The van der Waals surface area contributed by atoms with Crippen molar-refractivity contribution in [1.82, 2.24) is 10.3 Å². The van der Waals surface area contributed by atoms with E-state index in [0.717, 1.165) is 10.9 Å². The average molecular weight is 294 g/mol. The summed E-state index contributed by atoms with van der Waals surface area (Å²) < 4.78 is 0. The fourth-order valence-corrected chi connectivity index (χ4v) is 2.20. The van der Waals surface area contributed by atoms with Gasteiger partial charge in [0.25, 0.3) is 11.4 Å². The quantitative estimate of drug-likeness (QED) is 0.646. The van der Waals surface area contributed by atoms with Gasteiger partial charge in [0, 0.05) is 35.8 Å². The van der Waals surface area contributed by atoms with Gasteiger partial charge in [0.15, 0.2) is 0 Å². The Labute approximate surface area is 117 Å². The molecule has 0 fully saturated rings. The van der Waals surface area contributed by atoms with E-state index in [1.807, 2.05) is 0 Å². The van der Waals surface area contributed by atoms with Crippen LogP contribution in [-0.4, -0.2) is 14.8 Å². The van der Waals surface area contributed by atoms with Gasteiger partial charge in [-0.15, -0.1) is 11.3 Å². The fourth-order valence-electron chi connectivity index (χ4n) is 1.64. The van der Waals surface area contributed by atoms with Crippen LogP contribution < -0.4 is 5.32 Å². The molecule has 0 aliphatic heterocycles. The average Bonchev–Trinajstić information content (AvgIpc) is 2.91. The van der Waals surface area contributed by atoms with Gasteiger partial charge in [-0.05, 0) is 6.07 Å². The Morgan fingerprint density at radius 2 is 2.00 bits per heavy atom. The predicted molar refractivity (Wildman–Crippen MR) is 72.4 cm³/mol. The Kier molecular flexibility index (Phi) is 4.33. The van der Waals surface area contributed by atoms with Crippen molar-refractivity contribution in [3.63, 3.8) is 0 Å². The molecule has 1 heterocycles. The Bertz CT molecular complexity index is 629. The van der Waals surface area contributed by atoms with Gasteiger partial charge < -0.3 is 5.32 Å². The molecule has 1 aromatic heterocycles. The first-order valence-corrected chi connectivity index (χ1v) is 6.45. The Morgan fingerprint density at radius 3 is 2.60 bits per heavy atom. The molecule has 2 aromatic rings. The lowest BCUT2D eigenvalue weighted by Crippen LogP contribution is -2.13. The zero-order valence-corrected chi connectivity index (χ0v) is 11.0. The highest BCUT2D eigenvalue weighted by Crippen LogP contribution is 2.24. The zero-order chi connectivity index (χ0) is 14.5. The topological polar surface area (TPSA) is 111 Å². The van der Waals surface area contributed by atoms with Crippen LogP contribution in [0.5, 0.6) is 0 Å². The number of nitrogens with one attached hydrogen (secondary N) is 1. The van der Waals surface area contributed by atoms with Gasteiger partial charge >= 0.3 is 0 Å². The van der Waals surface area contributed by atoms with Crippen LogP contribution in [0.4, 0.5) is 11.4 Å². The van der Waals surface area contributed by atoms with E-state index in [9.17, 15) is 20.2 Å². The Hall–Kier alpha value is -2.39. The summed E-state index contributed by atoms with van der Waals surface area (Å²) in [4.78, 5) is 25.2. The van der Waals surface area contributed by atoms with E-state index in [1.165, 1.54) is 23.5 Å². The van der Waals surface area contributed by atoms with Crippen molar-refractivity contribution in [3.05, 3.63) is 60.6 Å². The van der Waals surface area contributed by atoms with E-state index in [-0.39, 0.29) is 17.9 Å². The van der Waals surface area contributed by atoms with Gasteiger partial charge in [-0.2, -0.15) is 0 Å². The minimum atomic E-state index is -0.651. The highest BCUT2D eigenvalue weighted by molar-refractivity contribution is 7.09. The normalized spacial score (nSPS) is 10.4. The second kappa shape index (κ2) is 6.17. The molecule has 0 radical (unpaired) electrons. The molecule has 0 saturated carbocycles. The van der Waals surface area contributed by atoms with Crippen molar-refractivity contribution in [1.29, 1.82) is 0 Å². The van der Waals surface area contributed by atoms with E-state index in [0.29, 0.717) is 12.1 Å². The van der Waals surface area contributed by atoms with Crippen LogP contribution in [0.1, 0.15) is 10.4 Å². The Morgan fingerprint density at radius 1 is 1.20 bits per heavy atom. The number of aromatic nitrogens is 1. The molecule has 8 nitrogen and oxygen atoms in total. The number of benzene rings is 1. The third-order valence-corrected chi connectivity index (χ3v) is 3.35. The summed E-state index contributed by atoms with van der Waals surface area (Å²) in [6, 6.07) is 3.64. The third-order valence-electron chi connectivity index (χ3n) is 2.57. The molecular weight excluding hydrogens is 284 g/mol. The van der Waals surface area contributed by atoms with E-state index < -0.39 is 9.85 Å². The van der Waals surface area contributed by atoms with Crippen molar-refractivity contribution < 1.29 is 9.85 Å². The second-order valence-corrected chi connectivity index (χ2v) is 4.87. The smallest absolute Gasteiger partial charge is 0.280 e. The Balaban J connectivity index is 2.10. The molecule has 0 saturated heterocycles. The lowest BCUT2D eigenvalue weighted by Gasteiger charge is -2.04. The van der Waals surface area contributed by atoms with E-state index in [2.05, 4.69) is 10.3 Å². The molecule has 20 heavy (non-hydrogen) atoms. The van der Waals surface area contributed by atoms with Gasteiger partial charge in [0.05, 0.1) is 21.4 Å². The molecule has 2 rings (SSSR count). The van der Waals surface area contributed by atoms with Gasteiger partial charge in [-0.25, -0.2) is 0 Å². The summed E-state index contributed by atoms with van der Waals surface area (Å²) in [5.74, 6) is 0. The summed E-state index contributed by atoms with van der Waals surface area (Å²) >= 11 is 1.48. The molecule has 9 heteroatoms. The molecule has 0 aliphatic carbocycles. The van der Waals surface area contributed by atoms with Crippen molar-refractivity contribution in [2.75, 3.05) is 0 Å². The summed E-state index contributed by atoms with van der Waals surface area (Å²) in [6.45, 7) is 0.797. The summed E-state index contributed by atoms with van der Waals surface area (Å²) in [5.41, 5.74) is 1.56. The molecule has 0 spiro atoms. The van der Waals surface area contributed by atoms with E-state index in [4.69, 9.17) is 0 Å². The number of thiazole rings is 1. The first-order chi connectivity index (χ1) is 9.58. The van der Waals surface area contributed by atoms with Gasteiger partial charge in [-0.1, -0.05) is 0 Å². The second-order valence-electron chi connectivity index (χ2n) is 3.90. The van der Waals surface area contributed by atoms with Gasteiger partial charge in [0.2, 0.25) is 0 Å². The van der Waals surface area contributed by atoms with Crippen molar-refractivity contribution >= 4 is 22.7 Å². The van der Waals surface area contributed by atoms with Crippen LogP contribution in [0.2, 0.25) is 0 Å². The van der Waals surface area contributed by atoms with E-state index >= 15 is 0 Å². The molecule has 0 unspecified atom stereocenters. The van der Waals surface area contributed by atoms with Crippen molar-refractivity contribution in [2.45, 2.75) is 13.1 Å². The SMILES string of the molecule is O=[N+]([O-])c1ccc(CNCc2cncs2)c([N+](=O)[O-])c1. The van der Waals surface area contributed by atoms with Crippen LogP contribution in [0.3, 0.4) is 0 Å². The summed E-state index contributed by atoms with van der Waals surface area (Å²) in [6.07, 6.45) is 1.71. The largest absolute Gasteiger partial charge is 0.307 e. The number of nitro groups is 2. The maximum atomic E-state index is 10.9. The van der Waals surface area contributed by atoms with Crippen LogP contribution in [0.25, 0.3) is 0 Å². The number of hydrogen-bond acceptors (Lipinski definition) is 7. The highest BCUT2D eigenvalue weighted by atomic mass is 32.1. The maximum absolute atomic E-state index is 10.9. The van der Waals surface area contributed by atoms with Crippen LogP contribution in [0.15, 0.2) is 29.9 Å². The fraction of sp³-hybridized carbons (Fsp3) is 0.182. The van der Waals surface area contributed by atoms with Crippen molar-refractivity contribution in [2.24, 2.45) is 0 Å². The van der Waals surface area contributed by atoms with Crippen LogP contribution in [0, 0.1) is 20.2 Å². The summed E-state index contributed by atoms with van der Waals surface area (Å²) in [5, 5.41) is 24.6. The number of hydrogen-bond donors (Lipinski definition) is 1. The third kappa shape index (κ3) is 3.33. The lowest BCUT2D eigenvalue weighted by molar-refractivity contribution is -0.394. The molecule has 1 aromatic carbocycles. The minimum absolute atomic E-state index is 0.254. The minimum Gasteiger partial charge on any atom is -0.307 e. The molecule has 1 N–H and O–H groups in total. The summed E-state index contributed by atoms with van der Waals surface area (Å²) in [7, 11) is 0. The lowest BCUT2D eigenvalue weighted by atomic mass is 10.1. The van der Waals surface area contributed by atoms with Crippen LogP contribution in [-0.2, 0) is 13.1 Å². The first-order valence-electron chi connectivity index (χ1n) is 5.57. The predicted octanol–water partition coefficient (Wildman–Crippen LogP) is 2.25. The van der Waals surface area contributed by atoms with Gasteiger partial charge in [-0.3, -0.25) is 25.2 Å². The molecule has 0 bridgehead atoms. The monoisotopic (exact) mass is 294 g/mol. The maximum Gasteiger partial charge on any atom is 0.280 e. The first kappa shape index (κ1) is 14.0.